The quantitative estimate of drug-likeness (QED) is 0.643. The van der Waals surface area contributed by atoms with Crippen LogP contribution in [0.25, 0.3) is 0 Å². The molecule has 28 heavy (non-hydrogen) atoms. The van der Waals surface area contributed by atoms with Gasteiger partial charge in [0, 0.05) is 0 Å². The van der Waals surface area contributed by atoms with Crippen molar-refractivity contribution in [2.75, 3.05) is 0 Å². The van der Waals surface area contributed by atoms with Crippen molar-refractivity contribution in [2.45, 2.75) is 84.3 Å². The predicted molar refractivity (Wildman–Crippen MR) is 113 cm³/mol. The molecular weight excluding hydrogens is 374 g/mol. The highest BCUT2D eigenvalue weighted by Crippen LogP contribution is 2.41. The van der Waals surface area contributed by atoms with Crippen LogP contribution < -0.4 is 5.32 Å². The second kappa shape index (κ2) is 8.65. The fourth-order valence-electron chi connectivity index (χ4n) is 2.41. The molecule has 0 unspecified atom stereocenters. The molecule has 1 rings (SSSR count). The lowest BCUT2D eigenvalue weighted by molar-refractivity contribution is -0.142. The monoisotopic (exact) mass is 409 g/mol. The van der Waals surface area contributed by atoms with Gasteiger partial charge < -0.3 is 19.6 Å². The normalized spacial score (nSPS) is 14.9. The van der Waals surface area contributed by atoms with Gasteiger partial charge in [-0.15, -0.1) is 0 Å². The van der Waals surface area contributed by atoms with Crippen LogP contribution in [0.5, 0.6) is 0 Å². The van der Waals surface area contributed by atoms with Gasteiger partial charge in [-0.3, -0.25) is 0 Å². The van der Waals surface area contributed by atoms with Crippen molar-refractivity contribution in [1.29, 1.82) is 0 Å². The number of carbonyl (C=O) groups is 2. The van der Waals surface area contributed by atoms with E-state index in [4.69, 9.17) is 9.16 Å². The molecule has 7 heteroatoms. The first kappa shape index (κ1) is 24.2. The fourth-order valence-corrected chi connectivity index (χ4v) is 3.66. The maximum absolute atomic E-state index is 12.3. The molecule has 158 valence electrons. The summed E-state index contributed by atoms with van der Waals surface area (Å²) in [4.78, 5) is 24.4. The van der Waals surface area contributed by atoms with Crippen molar-refractivity contribution in [3.8, 4) is 0 Å². The summed E-state index contributed by atoms with van der Waals surface area (Å²) in [6.45, 7) is 17.5. The van der Waals surface area contributed by atoms with Crippen LogP contribution in [0.1, 0.15) is 58.8 Å². The van der Waals surface area contributed by atoms with Crippen molar-refractivity contribution < 1.29 is 23.9 Å². The third-order valence-corrected chi connectivity index (χ3v) is 9.42. The standard InChI is InChI=1S/C21H35NO5Si/c1-14-12-10-11-13-15(14)17(27-28(8,9)21(5,6)7)16(18(23)24)22-19(25)26-20(2,3)4/h10-13,16-17H,1-9H3,(H,22,25)(H,23,24)/t16-,17+/m1/s1. The number of carboxylic acids is 1. The maximum Gasteiger partial charge on any atom is 0.408 e. The lowest BCUT2D eigenvalue weighted by Crippen LogP contribution is -2.51. The third-order valence-electron chi connectivity index (χ3n) is 4.96. The molecule has 0 saturated carbocycles. The van der Waals surface area contributed by atoms with Crippen LogP contribution in [0.2, 0.25) is 18.1 Å². The van der Waals surface area contributed by atoms with Gasteiger partial charge in [0.2, 0.25) is 0 Å². The Morgan fingerprint density at radius 3 is 2.04 bits per heavy atom. The molecule has 6 nitrogen and oxygen atoms in total. The molecule has 0 aliphatic carbocycles. The highest BCUT2D eigenvalue weighted by Gasteiger charge is 2.43. The first-order chi connectivity index (χ1) is 12.5. The van der Waals surface area contributed by atoms with Crippen molar-refractivity contribution in [3.05, 3.63) is 35.4 Å². The second-order valence-electron chi connectivity index (χ2n) is 9.62. The molecule has 1 aromatic rings. The summed E-state index contributed by atoms with van der Waals surface area (Å²) >= 11 is 0. The number of carbonyl (C=O) groups excluding carboxylic acids is 1. The largest absolute Gasteiger partial charge is 0.480 e. The van der Waals surface area contributed by atoms with E-state index >= 15 is 0 Å². The summed E-state index contributed by atoms with van der Waals surface area (Å²) in [6, 6.07) is 6.21. The number of nitrogens with one attached hydrogen (secondary N) is 1. The number of rotatable bonds is 6. The predicted octanol–water partition coefficient (Wildman–Crippen LogP) is 5.04. The zero-order chi connectivity index (χ0) is 21.9. The van der Waals surface area contributed by atoms with Crippen LogP contribution in [0.4, 0.5) is 4.79 Å². The summed E-state index contributed by atoms with van der Waals surface area (Å²) in [5.41, 5.74) is 0.921. The second-order valence-corrected chi connectivity index (χ2v) is 14.4. The topological polar surface area (TPSA) is 84.9 Å². The molecule has 0 aliphatic rings. The van der Waals surface area contributed by atoms with Crippen LogP contribution in [0, 0.1) is 6.92 Å². The minimum atomic E-state index is -2.34. The van der Waals surface area contributed by atoms with E-state index in [-0.39, 0.29) is 5.04 Å². The number of amides is 1. The summed E-state index contributed by atoms with van der Waals surface area (Å²) in [5.74, 6) is -1.17. The smallest absolute Gasteiger partial charge is 0.408 e. The number of aliphatic carboxylic acids is 1. The molecule has 0 aromatic heterocycles. The van der Waals surface area contributed by atoms with Crippen LogP contribution >= 0.6 is 0 Å². The lowest BCUT2D eigenvalue weighted by atomic mass is 9.98. The van der Waals surface area contributed by atoms with Crippen LogP contribution in [0.3, 0.4) is 0 Å². The number of alkyl carbamates (subject to hydrolysis) is 1. The summed E-state index contributed by atoms with van der Waals surface area (Å²) < 4.78 is 11.8. The van der Waals surface area contributed by atoms with Gasteiger partial charge in [0.25, 0.3) is 0 Å². The molecule has 1 aromatic carbocycles. The highest BCUT2D eigenvalue weighted by atomic mass is 28.4. The van der Waals surface area contributed by atoms with E-state index in [2.05, 4.69) is 39.2 Å². The molecule has 0 bridgehead atoms. The molecule has 0 radical (unpaired) electrons. The minimum absolute atomic E-state index is 0.122. The van der Waals surface area contributed by atoms with E-state index in [9.17, 15) is 14.7 Å². The Balaban J connectivity index is 3.36. The molecule has 1 amide bonds. The van der Waals surface area contributed by atoms with E-state index in [1.54, 1.807) is 20.8 Å². The third kappa shape index (κ3) is 6.63. The summed E-state index contributed by atoms with van der Waals surface area (Å²) in [6.07, 6.45) is -1.61. The number of benzene rings is 1. The summed E-state index contributed by atoms with van der Waals surface area (Å²) in [7, 11) is -2.34. The molecule has 0 saturated heterocycles. The average Bonchev–Trinajstić information content (AvgIpc) is 2.48. The summed E-state index contributed by atoms with van der Waals surface area (Å²) in [5, 5.41) is 12.3. The Morgan fingerprint density at radius 2 is 1.61 bits per heavy atom. The molecule has 0 aliphatic heterocycles. The first-order valence-corrected chi connectivity index (χ1v) is 12.4. The number of hydrogen-bond donors (Lipinski definition) is 2. The minimum Gasteiger partial charge on any atom is -0.480 e. The zero-order valence-electron chi connectivity index (χ0n) is 18.5. The van der Waals surface area contributed by atoms with Crippen LogP contribution in [0.15, 0.2) is 24.3 Å². The van der Waals surface area contributed by atoms with Gasteiger partial charge >= 0.3 is 12.1 Å². The van der Waals surface area contributed by atoms with E-state index in [0.717, 1.165) is 11.1 Å². The number of aryl methyl sites for hydroxylation is 1. The maximum atomic E-state index is 12.3. The number of carboxylic acid groups (broad SMARTS) is 1. The molecular formula is C21H35NO5Si. The number of hydrogen-bond acceptors (Lipinski definition) is 4. The Hall–Kier alpha value is -1.86. The van der Waals surface area contributed by atoms with Gasteiger partial charge in [0.05, 0.1) is 0 Å². The average molecular weight is 410 g/mol. The Morgan fingerprint density at radius 1 is 1.07 bits per heavy atom. The fraction of sp³-hybridized carbons (Fsp3) is 0.619. The van der Waals surface area contributed by atoms with E-state index in [0.29, 0.717) is 0 Å². The SMILES string of the molecule is Cc1ccccc1[C@H](O[Si](C)(C)C(C)(C)C)[C@@H](NC(=O)OC(C)(C)C)C(=O)O. The lowest BCUT2D eigenvalue weighted by Gasteiger charge is -2.41. The van der Waals surface area contributed by atoms with E-state index in [1.807, 2.05) is 31.2 Å². The molecule has 0 spiro atoms. The van der Waals surface area contributed by atoms with Crippen LogP contribution in [-0.2, 0) is 14.0 Å². The van der Waals surface area contributed by atoms with Gasteiger partial charge in [0.1, 0.15) is 11.7 Å². The molecule has 0 fully saturated rings. The van der Waals surface area contributed by atoms with Crippen molar-refractivity contribution >= 4 is 20.4 Å². The Labute approximate surface area is 169 Å². The molecule has 2 N–H and O–H groups in total. The van der Waals surface area contributed by atoms with Gasteiger partial charge in [-0.1, -0.05) is 45.0 Å². The Bertz CT molecular complexity index is 703. The van der Waals surface area contributed by atoms with E-state index < -0.39 is 38.1 Å². The van der Waals surface area contributed by atoms with E-state index in [1.165, 1.54) is 0 Å². The van der Waals surface area contributed by atoms with Crippen molar-refractivity contribution in [2.24, 2.45) is 0 Å². The van der Waals surface area contributed by atoms with Crippen molar-refractivity contribution in [3.63, 3.8) is 0 Å². The zero-order valence-corrected chi connectivity index (χ0v) is 19.5. The molecule has 0 heterocycles. The van der Waals surface area contributed by atoms with Crippen LogP contribution in [-0.4, -0.2) is 37.1 Å². The van der Waals surface area contributed by atoms with Gasteiger partial charge in [-0.25, -0.2) is 9.59 Å². The molecule has 2 atom stereocenters. The van der Waals surface area contributed by atoms with Crippen molar-refractivity contribution in [1.82, 2.24) is 5.32 Å². The first-order valence-electron chi connectivity index (χ1n) is 9.51. The van der Waals surface area contributed by atoms with Gasteiger partial charge in [0.15, 0.2) is 14.4 Å². The number of ether oxygens (including phenoxy) is 1. The van der Waals surface area contributed by atoms with Gasteiger partial charge in [-0.05, 0) is 57.0 Å². The van der Waals surface area contributed by atoms with Gasteiger partial charge in [-0.2, -0.15) is 0 Å². The Kier molecular flexibility index (Phi) is 7.47. The highest BCUT2D eigenvalue weighted by molar-refractivity contribution is 6.74.